The molecule has 1 aliphatic carbocycles. The van der Waals surface area contributed by atoms with Gasteiger partial charge in [0, 0.05) is 85.0 Å². The highest BCUT2D eigenvalue weighted by Gasteiger charge is 2.32. The van der Waals surface area contributed by atoms with Crippen LogP contribution >= 0.6 is 0 Å². The second-order valence-electron chi connectivity index (χ2n) is 20.8. The van der Waals surface area contributed by atoms with Crippen molar-refractivity contribution in [2.24, 2.45) is 5.92 Å². The van der Waals surface area contributed by atoms with Crippen molar-refractivity contribution in [3.05, 3.63) is 338 Å². The highest BCUT2D eigenvalue weighted by Crippen LogP contribution is 2.48. The summed E-state index contributed by atoms with van der Waals surface area (Å²) in [5.74, 6) is -0.633. The lowest BCUT2D eigenvalue weighted by Crippen LogP contribution is -2.28. The van der Waals surface area contributed by atoms with Gasteiger partial charge in [0.2, 0.25) is 0 Å². The predicted octanol–water partition coefficient (Wildman–Crippen LogP) is 20.9. The van der Waals surface area contributed by atoms with Gasteiger partial charge in [-0.1, -0.05) is 218 Å². The molecule has 0 bridgehead atoms. The maximum Gasteiger partial charge on any atom is 0.170 e. The first-order valence-corrected chi connectivity index (χ1v) is 28.0. The van der Waals surface area contributed by atoms with Crippen molar-refractivity contribution in [3.63, 3.8) is 0 Å². The summed E-state index contributed by atoms with van der Waals surface area (Å²) in [6.07, 6.45) is 4.94. The molecule has 82 heavy (non-hydrogen) atoms. The molecule has 0 fully saturated rings. The number of allylic oxidation sites excluding steroid dienone is 3. The number of para-hydroxylation sites is 4. The van der Waals surface area contributed by atoms with E-state index in [4.69, 9.17) is 0 Å². The van der Waals surface area contributed by atoms with Gasteiger partial charge in [0.1, 0.15) is 0 Å². The molecule has 0 saturated heterocycles. The average Bonchev–Trinajstić information content (AvgIpc) is 3.70. The summed E-state index contributed by atoms with van der Waals surface area (Å²) in [6, 6.07) is 109. The third kappa shape index (κ3) is 9.40. The number of Topliss-reactive ketones (excluding diaryl/α,β-unsaturated/α-hetero) is 1. The molecule has 1 unspecified atom stereocenters. The minimum Gasteiger partial charge on any atom is -0.313 e. The van der Waals surface area contributed by atoms with Gasteiger partial charge in [0.25, 0.3) is 0 Å². The van der Waals surface area contributed by atoms with Crippen molar-refractivity contribution in [2.45, 2.75) is 6.42 Å². The molecule has 1 aliphatic rings. The first kappa shape index (κ1) is 49.5. The second-order valence-corrected chi connectivity index (χ2v) is 20.8. The standard InChI is InChI=1S/C77H56N4O/c82-77(59-49-65(78(61-33-5-1-6-34-61)73-45-21-29-55-25-13-17-41-69(55)73)53-66(50-59)79(62-35-7-2-8-36-62)74-46-22-30-56-26-14-18-42-70(56)74)60-51-67(80(63-37-9-3-10-38-63)75-47-23-31-57-27-15-19-43-71(57)75)54-68(52-60)81(64-39-11-4-12-40-64)76-48-24-32-58-28-16-20-44-72(58)76/h1-51,53-54,60H,52H2. The number of anilines is 10. The zero-order valence-corrected chi connectivity index (χ0v) is 45.1. The van der Waals surface area contributed by atoms with Crippen LogP contribution in [0.4, 0.5) is 56.9 Å². The third-order valence-electron chi connectivity index (χ3n) is 15.8. The molecule has 0 aromatic heterocycles. The number of carbonyl (C=O) groups excluding carboxylic acids is 1. The Bertz CT molecular complexity index is 4380. The maximum absolute atomic E-state index is 16.9. The third-order valence-corrected chi connectivity index (χ3v) is 15.8. The fourth-order valence-corrected chi connectivity index (χ4v) is 12.1. The summed E-state index contributed by atoms with van der Waals surface area (Å²) >= 11 is 0. The predicted molar refractivity (Wildman–Crippen MR) is 344 cm³/mol. The van der Waals surface area contributed by atoms with E-state index in [1.165, 1.54) is 0 Å². The molecule has 390 valence electrons. The molecule has 5 nitrogen and oxygen atoms in total. The molecule has 13 aromatic carbocycles. The molecule has 0 saturated carbocycles. The monoisotopic (exact) mass is 1050 g/mol. The summed E-state index contributed by atoms with van der Waals surface area (Å²) in [7, 11) is 0. The van der Waals surface area contributed by atoms with Crippen LogP contribution in [0.3, 0.4) is 0 Å². The van der Waals surface area contributed by atoms with E-state index in [-0.39, 0.29) is 5.78 Å². The Morgan fingerprint density at radius 1 is 0.293 bits per heavy atom. The molecule has 5 heteroatoms. The number of rotatable bonds is 14. The molecule has 14 rings (SSSR count). The van der Waals surface area contributed by atoms with Crippen LogP contribution in [0.15, 0.2) is 333 Å². The molecule has 0 amide bonds. The van der Waals surface area contributed by atoms with Crippen molar-refractivity contribution >= 4 is 106 Å². The molecule has 0 radical (unpaired) electrons. The van der Waals surface area contributed by atoms with Gasteiger partial charge in [-0.2, -0.15) is 0 Å². The van der Waals surface area contributed by atoms with Gasteiger partial charge in [0.15, 0.2) is 5.78 Å². The Balaban J connectivity index is 1.03. The van der Waals surface area contributed by atoms with E-state index in [2.05, 4.69) is 341 Å². The smallest absolute Gasteiger partial charge is 0.170 e. The second kappa shape index (κ2) is 21.8. The van der Waals surface area contributed by atoms with Crippen molar-refractivity contribution in [1.82, 2.24) is 0 Å². The largest absolute Gasteiger partial charge is 0.313 e. The van der Waals surface area contributed by atoms with E-state index in [1.807, 2.05) is 0 Å². The summed E-state index contributed by atoms with van der Waals surface area (Å²) in [4.78, 5) is 26.2. The van der Waals surface area contributed by atoms with Gasteiger partial charge < -0.3 is 19.6 Å². The Morgan fingerprint density at radius 3 is 0.988 bits per heavy atom. The first-order valence-electron chi connectivity index (χ1n) is 28.0. The van der Waals surface area contributed by atoms with Crippen LogP contribution in [0.2, 0.25) is 0 Å². The number of ketones is 1. The van der Waals surface area contributed by atoms with Crippen molar-refractivity contribution < 1.29 is 4.79 Å². The zero-order chi connectivity index (χ0) is 54.8. The van der Waals surface area contributed by atoms with E-state index in [9.17, 15) is 0 Å². The van der Waals surface area contributed by atoms with E-state index in [0.717, 1.165) is 111 Å². The molecule has 0 heterocycles. The highest BCUT2D eigenvalue weighted by molar-refractivity contribution is 6.07. The molecule has 1 atom stereocenters. The molecule has 0 spiro atoms. The Morgan fingerprint density at radius 2 is 0.598 bits per heavy atom. The van der Waals surface area contributed by atoms with Crippen molar-refractivity contribution in [2.75, 3.05) is 19.6 Å². The van der Waals surface area contributed by atoms with Crippen LogP contribution in [0.5, 0.6) is 0 Å². The fraction of sp³-hybridized carbons (Fsp3) is 0.0260. The van der Waals surface area contributed by atoms with E-state index < -0.39 is 5.92 Å². The first-order chi connectivity index (χ1) is 40.6. The van der Waals surface area contributed by atoms with Gasteiger partial charge in [-0.05, 0) is 125 Å². The van der Waals surface area contributed by atoms with E-state index >= 15 is 4.79 Å². The number of fused-ring (bicyclic) bond motifs is 4. The maximum atomic E-state index is 16.9. The van der Waals surface area contributed by atoms with Crippen LogP contribution in [0, 0.1) is 5.92 Å². The quantitative estimate of drug-likeness (QED) is 0.101. The fourth-order valence-electron chi connectivity index (χ4n) is 12.1. The van der Waals surface area contributed by atoms with Crippen molar-refractivity contribution in [1.29, 1.82) is 0 Å². The lowest BCUT2D eigenvalue weighted by Gasteiger charge is -2.36. The summed E-state index contributed by atoms with van der Waals surface area (Å²) in [6.45, 7) is 0. The number of hydrogen-bond acceptors (Lipinski definition) is 5. The van der Waals surface area contributed by atoms with Gasteiger partial charge in [0.05, 0.1) is 22.7 Å². The minimum atomic E-state index is -0.633. The minimum absolute atomic E-state index is 0.0000689. The molecular weight excluding hydrogens is 997 g/mol. The lowest BCUT2D eigenvalue weighted by atomic mass is 9.87. The lowest BCUT2D eigenvalue weighted by molar-refractivity contribution is 0.0943. The average molecular weight is 1050 g/mol. The summed E-state index contributed by atoms with van der Waals surface area (Å²) < 4.78 is 0. The van der Waals surface area contributed by atoms with Crippen LogP contribution in [-0.4, -0.2) is 5.78 Å². The van der Waals surface area contributed by atoms with Crippen LogP contribution in [-0.2, 0) is 0 Å². The molecule has 0 N–H and O–H groups in total. The summed E-state index contributed by atoms with van der Waals surface area (Å²) in [5.41, 5.74) is 12.1. The number of carbonyl (C=O) groups is 1. The zero-order valence-electron chi connectivity index (χ0n) is 45.1. The normalized spacial score (nSPS) is 13.1. The van der Waals surface area contributed by atoms with E-state index in [0.29, 0.717) is 12.0 Å². The van der Waals surface area contributed by atoms with Gasteiger partial charge in [-0.25, -0.2) is 0 Å². The summed E-state index contributed by atoms with van der Waals surface area (Å²) in [5, 5.41) is 8.92. The Kier molecular flexibility index (Phi) is 13.2. The molecule has 0 aliphatic heterocycles. The van der Waals surface area contributed by atoms with Gasteiger partial charge in [-0.3, -0.25) is 4.79 Å². The van der Waals surface area contributed by atoms with Crippen molar-refractivity contribution in [3.8, 4) is 0 Å². The number of nitrogens with zero attached hydrogens (tertiary/aromatic N) is 4. The van der Waals surface area contributed by atoms with Gasteiger partial charge in [-0.15, -0.1) is 0 Å². The van der Waals surface area contributed by atoms with Crippen LogP contribution in [0.25, 0.3) is 43.1 Å². The highest BCUT2D eigenvalue weighted by atomic mass is 16.1. The van der Waals surface area contributed by atoms with Crippen LogP contribution < -0.4 is 19.6 Å². The molecule has 13 aromatic rings. The molecular formula is C77H56N4O. The van der Waals surface area contributed by atoms with E-state index in [1.54, 1.807) is 0 Å². The Labute approximate surface area is 478 Å². The van der Waals surface area contributed by atoms with Gasteiger partial charge >= 0.3 is 0 Å². The Hall–Kier alpha value is -10.8. The number of hydrogen-bond donors (Lipinski definition) is 0. The van der Waals surface area contributed by atoms with Crippen LogP contribution in [0.1, 0.15) is 16.8 Å². The number of benzene rings is 13. The SMILES string of the molecule is O=C(c1cc(N(c2ccccc2)c2cccc3ccccc23)cc(N(c2ccccc2)c2cccc3ccccc23)c1)C1C=C(N(c2ccccc2)c2cccc3ccccc23)C=C(N(c2ccccc2)c2cccc3ccccc23)C1. The topological polar surface area (TPSA) is 30.0 Å².